The zero-order chi connectivity index (χ0) is 13.3. The molecule has 1 aliphatic carbocycles. The van der Waals surface area contributed by atoms with E-state index in [1.54, 1.807) is 0 Å². The second-order valence-electron chi connectivity index (χ2n) is 5.56. The summed E-state index contributed by atoms with van der Waals surface area (Å²) in [5, 5.41) is 3.56. The number of nitrogens with one attached hydrogen (secondary N) is 1. The molecule has 100 valence electrons. The van der Waals surface area contributed by atoms with E-state index in [0.717, 1.165) is 22.2 Å². The molecule has 2 rings (SSSR count). The van der Waals surface area contributed by atoms with Crippen molar-refractivity contribution in [3.8, 4) is 0 Å². The topological polar surface area (TPSA) is 29.1 Å². The van der Waals surface area contributed by atoms with Crippen LogP contribution in [0.5, 0.6) is 0 Å². The Hall–Kier alpha value is -0.190. The maximum Gasteiger partial charge on any atom is 0.0588 e. The highest BCUT2D eigenvalue weighted by molar-refractivity contribution is 9.10. The zero-order valence-corrected chi connectivity index (χ0v) is 13.5. The van der Waals surface area contributed by atoms with E-state index in [1.807, 2.05) is 31.3 Å². The molecule has 1 fully saturated rings. The first-order valence-electron chi connectivity index (χ1n) is 6.30. The predicted molar refractivity (Wildman–Crippen MR) is 80.2 cm³/mol. The summed E-state index contributed by atoms with van der Waals surface area (Å²) in [5.74, 6) is 0. The summed E-state index contributed by atoms with van der Waals surface area (Å²) in [6.07, 6.45) is 2.14. The molecule has 0 aromatic heterocycles. The van der Waals surface area contributed by atoms with Gasteiger partial charge in [-0.1, -0.05) is 26.0 Å². The van der Waals surface area contributed by atoms with Crippen molar-refractivity contribution in [3.63, 3.8) is 0 Å². The summed E-state index contributed by atoms with van der Waals surface area (Å²) in [5.41, 5.74) is 0.219. The van der Waals surface area contributed by atoms with Gasteiger partial charge in [0, 0.05) is 10.5 Å². The molecule has 0 aliphatic heterocycles. The Labute approximate surface area is 120 Å². The second kappa shape index (κ2) is 5.43. The molecule has 0 saturated heterocycles. The van der Waals surface area contributed by atoms with E-state index in [9.17, 15) is 4.21 Å². The van der Waals surface area contributed by atoms with Crippen LogP contribution in [0.15, 0.2) is 33.6 Å². The molecule has 1 aromatic carbocycles. The highest BCUT2D eigenvalue weighted by atomic mass is 79.9. The van der Waals surface area contributed by atoms with E-state index in [4.69, 9.17) is 0 Å². The van der Waals surface area contributed by atoms with Crippen molar-refractivity contribution < 1.29 is 4.21 Å². The number of hydrogen-bond donors (Lipinski definition) is 1. The van der Waals surface area contributed by atoms with Crippen molar-refractivity contribution in [1.29, 1.82) is 0 Å². The van der Waals surface area contributed by atoms with Gasteiger partial charge < -0.3 is 5.32 Å². The van der Waals surface area contributed by atoms with Gasteiger partial charge in [-0.25, -0.2) is 0 Å². The van der Waals surface area contributed by atoms with Crippen LogP contribution in [-0.4, -0.2) is 22.5 Å². The summed E-state index contributed by atoms with van der Waals surface area (Å²) in [6.45, 7) is 4.51. The van der Waals surface area contributed by atoms with E-state index in [2.05, 4.69) is 35.1 Å². The Kier molecular flexibility index (Phi) is 4.29. The molecule has 1 saturated carbocycles. The lowest BCUT2D eigenvalue weighted by molar-refractivity contribution is 0.299. The molecule has 4 heteroatoms. The fourth-order valence-electron chi connectivity index (χ4n) is 2.92. The Morgan fingerprint density at radius 2 is 2.06 bits per heavy atom. The average molecular weight is 330 g/mol. The summed E-state index contributed by atoms with van der Waals surface area (Å²) in [6, 6.07) is 8.14. The molecule has 2 nitrogen and oxygen atoms in total. The van der Waals surface area contributed by atoms with Crippen LogP contribution in [0.2, 0.25) is 0 Å². The largest absolute Gasteiger partial charge is 0.315 e. The number of benzene rings is 1. The molecule has 3 unspecified atom stereocenters. The first-order valence-corrected chi connectivity index (χ1v) is 8.30. The van der Waals surface area contributed by atoms with Crippen molar-refractivity contribution in [2.45, 2.75) is 42.9 Å². The second-order valence-corrected chi connectivity index (χ2v) is 8.05. The van der Waals surface area contributed by atoms with Crippen LogP contribution >= 0.6 is 15.9 Å². The SMILES string of the molecule is CNC1C(S(=O)c2ccccc2Br)CCC1(C)C. The smallest absolute Gasteiger partial charge is 0.0588 e. The first-order chi connectivity index (χ1) is 8.47. The molecule has 0 radical (unpaired) electrons. The van der Waals surface area contributed by atoms with Gasteiger partial charge in [0.2, 0.25) is 0 Å². The molecule has 0 heterocycles. The molecule has 18 heavy (non-hydrogen) atoms. The summed E-state index contributed by atoms with van der Waals surface area (Å²) in [7, 11) is 1.02. The monoisotopic (exact) mass is 329 g/mol. The highest BCUT2D eigenvalue weighted by Crippen LogP contribution is 2.41. The molecule has 3 atom stereocenters. The maximum atomic E-state index is 12.8. The van der Waals surface area contributed by atoms with Crippen molar-refractivity contribution in [3.05, 3.63) is 28.7 Å². The van der Waals surface area contributed by atoms with Gasteiger partial charge in [0.25, 0.3) is 0 Å². The Balaban J connectivity index is 2.28. The van der Waals surface area contributed by atoms with Crippen LogP contribution in [0.4, 0.5) is 0 Å². The van der Waals surface area contributed by atoms with E-state index >= 15 is 0 Å². The van der Waals surface area contributed by atoms with Gasteiger partial charge in [0.15, 0.2) is 0 Å². The lowest BCUT2D eigenvalue weighted by Crippen LogP contribution is -2.44. The fraction of sp³-hybridized carbons (Fsp3) is 0.571. The molecule has 1 aliphatic rings. The minimum atomic E-state index is -0.956. The van der Waals surface area contributed by atoms with E-state index < -0.39 is 10.8 Å². The van der Waals surface area contributed by atoms with E-state index in [1.165, 1.54) is 0 Å². The normalized spacial score (nSPS) is 28.2. The number of halogens is 1. The van der Waals surface area contributed by atoms with Gasteiger partial charge in [-0.15, -0.1) is 0 Å². The van der Waals surface area contributed by atoms with Crippen LogP contribution in [0.3, 0.4) is 0 Å². The minimum absolute atomic E-state index is 0.198. The average Bonchev–Trinajstić information content (AvgIpc) is 2.64. The fourth-order valence-corrected chi connectivity index (χ4v) is 5.56. The van der Waals surface area contributed by atoms with Gasteiger partial charge in [-0.05, 0) is 53.4 Å². The van der Waals surface area contributed by atoms with Crippen LogP contribution in [0, 0.1) is 5.41 Å². The molecular weight excluding hydrogens is 310 g/mol. The molecule has 0 bridgehead atoms. The van der Waals surface area contributed by atoms with Crippen LogP contribution < -0.4 is 5.32 Å². The molecule has 1 aromatic rings. The standard InChI is InChI=1S/C14H20BrNOS/c1-14(2)9-8-12(13(14)16-3)18(17)11-7-5-4-6-10(11)15/h4-7,12-13,16H,8-9H2,1-3H3. The maximum absolute atomic E-state index is 12.8. The summed E-state index contributed by atoms with van der Waals surface area (Å²) in [4.78, 5) is 0.917. The van der Waals surface area contributed by atoms with Crippen LogP contribution in [-0.2, 0) is 10.8 Å². The summed E-state index contributed by atoms with van der Waals surface area (Å²) >= 11 is 3.50. The van der Waals surface area contributed by atoms with Crippen molar-refractivity contribution in [1.82, 2.24) is 5.32 Å². The number of hydrogen-bond acceptors (Lipinski definition) is 2. The van der Waals surface area contributed by atoms with Gasteiger partial charge in [-0.3, -0.25) is 4.21 Å². The lowest BCUT2D eigenvalue weighted by atomic mass is 9.87. The Morgan fingerprint density at radius 3 is 2.67 bits per heavy atom. The molecule has 0 amide bonds. The third-order valence-corrected chi connectivity index (χ3v) is 6.73. The minimum Gasteiger partial charge on any atom is -0.315 e. The van der Waals surface area contributed by atoms with Gasteiger partial charge in [-0.2, -0.15) is 0 Å². The van der Waals surface area contributed by atoms with E-state index in [-0.39, 0.29) is 10.7 Å². The van der Waals surface area contributed by atoms with Gasteiger partial charge in [0.1, 0.15) is 0 Å². The van der Waals surface area contributed by atoms with E-state index in [0.29, 0.717) is 6.04 Å². The third-order valence-electron chi connectivity index (χ3n) is 3.93. The predicted octanol–water partition coefficient (Wildman–Crippen LogP) is 3.33. The molecule has 1 N–H and O–H groups in total. The Bertz CT molecular complexity index is 461. The lowest BCUT2D eigenvalue weighted by Gasteiger charge is -2.30. The zero-order valence-electron chi connectivity index (χ0n) is 11.1. The van der Waals surface area contributed by atoms with Gasteiger partial charge in [0.05, 0.1) is 20.9 Å². The molecule has 0 spiro atoms. The van der Waals surface area contributed by atoms with Crippen LogP contribution in [0.1, 0.15) is 26.7 Å². The van der Waals surface area contributed by atoms with Crippen molar-refractivity contribution in [2.24, 2.45) is 5.41 Å². The Morgan fingerprint density at radius 1 is 1.39 bits per heavy atom. The first kappa shape index (κ1) is 14.2. The quantitative estimate of drug-likeness (QED) is 0.921. The van der Waals surface area contributed by atoms with Crippen LogP contribution in [0.25, 0.3) is 0 Å². The van der Waals surface area contributed by atoms with Crippen molar-refractivity contribution >= 4 is 26.7 Å². The van der Waals surface area contributed by atoms with Crippen molar-refractivity contribution in [2.75, 3.05) is 7.05 Å². The molecular formula is C14H20BrNOS. The third kappa shape index (κ3) is 2.56. The van der Waals surface area contributed by atoms with Gasteiger partial charge >= 0.3 is 0 Å². The summed E-state index contributed by atoms with van der Waals surface area (Å²) < 4.78 is 13.7. The highest BCUT2D eigenvalue weighted by Gasteiger charge is 2.44. The number of rotatable bonds is 3.